The standard InChI is InChI=1S/C21H20INO3S2/c1-4-26-17-10-15(9-16(22)19(17)25-3)11-18-20(24)23(21(27)28-18)12-14-7-5-13(2)6-8-14/h5-11H,4,12H2,1-3H3/b18-11-. The largest absolute Gasteiger partial charge is 0.492 e. The van der Waals surface area contributed by atoms with Gasteiger partial charge in [0.05, 0.1) is 28.7 Å². The van der Waals surface area contributed by atoms with E-state index in [1.165, 1.54) is 17.3 Å². The Morgan fingerprint density at radius 2 is 1.96 bits per heavy atom. The Bertz CT molecular complexity index is 941. The van der Waals surface area contributed by atoms with E-state index in [1.54, 1.807) is 12.0 Å². The van der Waals surface area contributed by atoms with E-state index in [0.717, 1.165) is 14.7 Å². The highest BCUT2D eigenvalue weighted by molar-refractivity contribution is 14.1. The number of carbonyl (C=O) groups is 1. The third kappa shape index (κ3) is 4.69. The van der Waals surface area contributed by atoms with Crippen LogP contribution in [0.25, 0.3) is 6.08 Å². The van der Waals surface area contributed by atoms with Gasteiger partial charge in [0, 0.05) is 0 Å². The van der Waals surface area contributed by atoms with Crippen LogP contribution in [-0.2, 0) is 11.3 Å². The molecule has 0 saturated carbocycles. The third-order valence-corrected chi connectivity index (χ3v) is 6.35. The molecule has 1 heterocycles. The molecule has 2 aromatic rings. The van der Waals surface area contributed by atoms with E-state index >= 15 is 0 Å². The molecule has 0 aliphatic carbocycles. The second-order valence-electron chi connectivity index (χ2n) is 6.22. The normalized spacial score (nSPS) is 15.4. The molecule has 1 aliphatic heterocycles. The molecule has 1 aliphatic rings. The lowest BCUT2D eigenvalue weighted by atomic mass is 10.1. The van der Waals surface area contributed by atoms with E-state index in [-0.39, 0.29) is 5.91 Å². The molecule has 1 saturated heterocycles. The monoisotopic (exact) mass is 525 g/mol. The fraction of sp³-hybridized carbons (Fsp3) is 0.238. The Hall–Kier alpha value is -1.58. The minimum Gasteiger partial charge on any atom is -0.492 e. The molecule has 28 heavy (non-hydrogen) atoms. The Morgan fingerprint density at radius 3 is 2.61 bits per heavy atom. The average Bonchev–Trinajstić information content (AvgIpc) is 2.91. The minimum atomic E-state index is -0.0700. The Kier molecular flexibility index (Phi) is 7.00. The molecule has 0 aromatic heterocycles. The summed E-state index contributed by atoms with van der Waals surface area (Å²) < 4.78 is 12.6. The van der Waals surface area contributed by atoms with E-state index in [4.69, 9.17) is 21.7 Å². The molecular weight excluding hydrogens is 505 g/mol. The van der Waals surface area contributed by atoms with Crippen LogP contribution in [0.3, 0.4) is 0 Å². The lowest BCUT2D eigenvalue weighted by molar-refractivity contribution is -0.122. The summed E-state index contributed by atoms with van der Waals surface area (Å²) in [5.41, 5.74) is 3.12. The minimum absolute atomic E-state index is 0.0700. The third-order valence-electron chi connectivity index (χ3n) is 4.17. The zero-order chi connectivity index (χ0) is 20.3. The summed E-state index contributed by atoms with van der Waals surface area (Å²) in [5, 5.41) is 0. The number of thiocarbonyl (C=S) groups is 1. The van der Waals surface area contributed by atoms with Crippen molar-refractivity contribution in [2.45, 2.75) is 20.4 Å². The number of hydrogen-bond acceptors (Lipinski definition) is 5. The van der Waals surface area contributed by atoms with Crippen molar-refractivity contribution in [3.63, 3.8) is 0 Å². The van der Waals surface area contributed by atoms with Crippen molar-refractivity contribution >= 4 is 62.9 Å². The van der Waals surface area contributed by atoms with Crippen LogP contribution in [0.5, 0.6) is 11.5 Å². The lowest BCUT2D eigenvalue weighted by Gasteiger charge is -2.14. The van der Waals surface area contributed by atoms with Gasteiger partial charge >= 0.3 is 0 Å². The Labute approximate surface area is 188 Å². The van der Waals surface area contributed by atoms with Gasteiger partial charge in [-0.25, -0.2) is 0 Å². The number of halogens is 1. The predicted molar refractivity (Wildman–Crippen MR) is 127 cm³/mol. The number of ether oxygens (including phenoxy) is 2. The lowest BCUT2D eigenvalue weighted by Crippen LogP contribution is -2.27. The molecule has 0 bridgehead atoms. The molecule has 0 unspecified atom stereocenters. The summed E-state index contributed by atoms with van der Waals surface area (Å²) in [6.07, 6.45) is 1.86. The summed E-state index contributed by atoms with van der Waals surface area (Å²) in [5.74, 6) is 1.30. The van der Waals surface area contributed by atoms with Gasteiger partial charge in [0.2, 0.25) is 0 Å². The maximum absolute atomic E-state index is 12.9. The van der Waals surface area contributed by atoms with E-state index in [1.807, 2.05) is 56.3 Å². The van der Waals surface area contributed by atoms with E-state index < -0.39 is 0 Å². The van der Waals surface area contributed by atoms with E-state index in [9.17, 15) is 4.79 Å². The average molecular weight is 525 g/mol. The van der Waals surface area contributed by atoms with Crippen LogP contribution >= 0.6 is 46.6 Å². The Morgan fingerprint density at radius 1 is 1.25 bits per heavy atom. The van der Waals surface area contributed by atoms with Gasteiger partial charge in [-0.3, -0.25) is 9.69 Å². The number of aryl methyl sites for hydroxylation is 1. The second kappa shape index (κ2) is 9.28. The summed E-state index contributed by atoms with van der Waals surface area (Å²) in [7, 11) is 1.62. The number of carbonyl (C=O) groups excluding carboxylic acids is 1. The van der Waals surface area contributed by atoms with Gasteiger partial charge in [-0.1, -0.05) is 53.8 Å². The van der Waals surface area contributed by atoms with Gasteiger partial charge in [0.1, 0.15) is 4.32 Å². The maximum atomic E-state index is 12.9. The molecule has 0 atom stereocenters. The van der Waals surface area contributed by atoms with Gasteiger partial charge in [-0.05, 0) is 65.8 Å². The van der Waals surface area contributed by atoms with Gasteiger partial charge in [-0.2, -0.15) is 0 Å². The molecule has 0 N–H and O–H groups in total. The molecule has 2 aromatic carbocycles. The van der Waals surface area contributed by atoms with Crippen LogP contribution < -0.4 is 9.47 Å². The first kappa shape index (κ1) is 21.1. The van der Waals surface area contributed by atoms with Crippen molar-refractivity contribution in [3.8, 4) is 11.5 Å². The van der Waals surface area contributed by atoms with Crippen molar-refractivity contribution < 1.29 is 14.3 Å². The number of benzene rings is 2. The number of methoxy groups -OCH3 is 1. The molecule has 146 valence electrons. The molecule has 1 fully saturated rings. The van der Waals surface area contributed by atoms with Gasteiger partial charge in [0.25, 0.3) is 5.91 Å². The first-order valence-electron chi connectivity index (χ1n) is 8.74. The van der Waals surface area contributed by atoms with E-state index in [0.29, 0.717) is 33.9 Å². The zero-order valence-corrected chi connectivity index (χ0v) is 19.6. The van der Waals surface area contributed by atoms with Crippen molar-refractivity contribution in [1.29, 1.82) is 0 Å². The Balaban J connectivity index is 1.86. The first-order chi connectivity index (χ1) is 13.4. The number of rotatable bonds is 6. The molecule has 4 nitrogen and oxygen atoms in total. The summed E-state index contributed by atoms with van der Waals surface area (Å²) in [6.45, 7) is 4.98. The summed E-state index contributed by atoms with van der Waals surface area (Å²) in [6, 6.07) is 12.0. The fourth-order valence-electron chi connectivity index (χ4n) is 2.80. The van der Waals surface area contributed by atoms with Gasteiger partial charge < -0.3 is 9.47 Å². The molecule has 0 radical (unpaired) electrons. The van der Waals surface area contributed by atoms with Gasteiger partial charge in [-0.15, -0.1) is 0 Å². The zero-order valence-electron chi connectivity index (χ0n) is 15.8. The number of amides is 1. The van der Waals surface area contributed by atoms with E-state index in [2.05, 4.69) is 22.6 Å². The van der Waals surface area contributed by atoms with Crippen molar-refractivity contribution in [2.24, 2.45) is 0 Å². The van der Waals surface area contributed by atoms with Gasteiger partial charge in [0.15, 0.2) is 11.5 Å². The van der Waals surface area contributed by atoms with Crippen LogP contribution in [0.15, 0.2) is 41.3 Å². The fourth-order valence-corrected chi connectivity index (χ4v) is 4.90. The molecular formula is C21H20INO3S2. The smallest absolute Gasteiger partial charge is 0.266 e. The second-order valence-corrected chi connectivity index (χ2v) is 9.06. The highest BCUT2D eigenvalue weighted by Gasteiger charge is 2.32. The first-order valence-corrected chi connectivity index (χ1v) is 11.0. The highest BCUT2D eigenvalue weighted by atomic mass is 127. The molecule has 3 rings (SSSR count). The number of thioether (sulfide) groups is 1. The van der Waals surface area contributed by atoms with Crippen LogP contribution in [0.4, 0.5) is 0 Å². The SMILES string of the molecule is CCOc1cc(/C=C2\SC(=S)N(Cc3ccc(C)cc3)C2=O)cc(I)c1OC. The highest BCUT2D eigenvalue weighted by Crippen LogP contribution is 2.37. The molecule has 0 spiro atoms. The van der Waals surface area contributed by atoms with Crippen molar-refractivity contribution in [3.05, 3.63) is 61.6 Å². The predicted octanol–water partition coefficient (Wildman–Crippen LogP) is 5.41. The van der Waals surface area contributed by atoms with Crippen LogP contribution in [0.2, 0.25) is 0 Å². The van der Waals surface area contributed by atoms with Crippen molar-refractivity contribution in [1.82, 2.24) is 4.90 Å². The number of hydrogen-bond donors (Lipinski definition) is 0. The van der Waals surface area contributed by atoms with Crippen LogP contribution in [0.1, 0.15) is 23.6 Å². The molecule has 1 amide bonds. The van der Waals surface area contributed by atoms with Crippen LogP contribution in [0, 0.1) is 10.5 Å². The quantitative estimate of drug-likeness (QED) is 0.287. The van der Waals surface area contributed by atoms with Crippen molar-refractivity contribution in [2.75, 3.05) is 13.7 Å². The number of nitrogens with zero attached hydrogens (tertiary/aromatic N) is 1. The topological polar surface area (TPSA) is 38.8 Å². The molecule has 7 heteroatoms. The summed E-state index contributed by atoms with van der Waals surface area (Å²) in [4.78, 5) is 15.2. The maximum Gasteiger partial charge on any atom is 0.266 e. The summed E-state index contributed by atoms with van der Waals surface area (Å²) >= 11 is 8.98. The van der Waals surface area contributed by atoms with Crippen LogP contribution in [-0.4, -0.2) is 28.8 Å².